The number of pyridine rings is 1. The minimum absolute atomic E-state index is 0.176. The molecule has 0 bridgehead atoms. The van der Waals surface area contributed by atoms with Crippen molar-refractivity contribution in [3.63, 3.8) is 0 Å². The number of aryl methyl sites for hydroxylation is 1. The van der Waals surface area contributed by atoms with Crippen molar-refractivity contribution in [1.29, 1.82) is 0 Å². The molecule has 4 nitrogen and oxygen atoms in total. The topological polar surface area (TPSA) is 54.0 Å². The molecule has 0 fully saturated rings. The molecule has 1 aromatic heterocycles. The van der Waals surface area contributed by atoms with E-state index in [-0.39, 0.29) is 18.1 Å². The highest BCUT2D eigenvalue weighted by Gasteiger charge is 2.05. The van der Waals surface area contributed by atoms with Gasteiger partial charge in [0.2, 0.25) is 5.91 Å². The summed E-state index contributed by atoms with van der Waals surface area (Å²) in [6.07, 6.45) is 1.86. The van der Waals surface area contributed by atoms with Crippen LogP contribution in [0.15, 0.2) is 66.9 Å². The van der Waals surface area contributed by atoms with Gasteiger partial charge in [-0.05, 0) is 47.9 Å². The zero-order valence-corrected chi connectivity index (χ0v) is 14.5. The maximum atomic E-state index is 12.9. The van der Waals surface area contributed by atoms with E-state index in [9.17, 15) is 9.18 Å². The normalized spacial score (nSPS) is 10.4. The van der Waals surface area contributed by atoms with Gasteiger partial charge >= 0.3 is 0 Å². The van der Waals surface area contributed by atoms with Gasteiger partial charge in [0, 0.05) is 6.54 Å². The van der Waals surface area contributed by atoms with Gasteiger partial charge in [-0.15, -0.1) is 0 Å². The van der Waals surface area contributed by atoms with E-state index >= 15 is 0 Å². The van der Waals surface area contributed by atoms with Crippen LogP contribution in [0.2, 0.25) is 0 Å². The molecule has 0 saturated carbocycles. The van der Waals surface area contributed by atoms with Gasteiger partial charge in [-0.3, -0.25) is 4.79 Å². The lowest BCUT2D eigenvalue weighted by molar-refractivity contribution is -0.115. The van der Waals surface area contributed by atoms with Gasteiger partial charge in [-0.2, -0.15) is 0 Å². The number of carbonyl (C=O) groups excluding carboxylic acids is 1. The first-order valence-electron chi connectivity index (χ1n) is 8.39. The molecule has 2 aromatic carbocycles. The van der Waals surface area contributed by atoms with E-state index in [0.717, 1.165) is 11.3 Å². The molecule has 1 heterocycles. The fourth-order valence-electron chi connectivity index (χ4n) is 2.55. The average Bonchev–Trinajstić information content (AvgIpc) is 2.64. The highest BCUT2D eigenvalue weighted by Crippen LogP contribution is 2.14. The Kier molecular flexibility index (Phi) is 5.59. The molecule has 0 spiro atoms. The Morgan fingerprint density at radius 1 is 1.04 bits per heavy atom. The van der Waals surface area contributed by atoms with Crippen LogP contribution in [0.25, 0.3) is 0 Å². The van der Waals surface area contributed by atoms with Gasteiger partial charge in [-0.25, -0.2) is 9.37 Å². The van der Waals surface area contributed by atoms with Crippen LogP contribution in [-0.4, -0.2) is 10.9 Å². The number of carbonyl (C=O) groups is 1. The largest absolute Gasteiger partial charge is 0.380 e. The van der Waals surface area contributed by atoms with Crippen LogP contribution in [0.5, 0.6) is 0 Å². The number of nitrogens with one attached hydrogen (secondary N) is 2. The van der Waals surface area contributed by atoms with Crippen molar-refractivity contribution in [3.8, 4) is 0 Å². The third-order valence-electron chi connectivity index (χ3n) is 4.05. The lowest BCUT2D eigenvalue weighted by Gasteiger charge is -2.10. The number of benzene rings is 2. The third-order valence-corrected chi connectivity index (χ3v) is 4.05. The minimum atomic E-state index is -0.315. The summed E-state index contributed by atoms with van der Waals surface area (Å²) < 4.78 is 12.9. The predicted molar refractivity (Wildman–Crippen MR) is 101 cm³/mol. The maximum absolute atomic E-state index is 12.9. The van der Waals surface area contributed by atoms with Gasteiger partial charge in [0.25, 0.3) is 0 Å². The summed E-state index contributed by atoms with van der Waals surface area (Å²) in [6, 6.07) is 17.7. The second kappa shape index (κ2) is 8.25. The van der Waals surface area contributed by atoms with Crippen LogP contribution in [0.4, 0.5) is 15.9 Å². The molecule has 3 aromatic rings. The first-order chi connectivity index (χ1) is 12.6. The smallest absolute Gasteiger partial charge is 0.229 e. The molecular weight excluding hydrogens is 329 g/mol. The summed E-state index contributed by atoms with van der Waals surface area (Å²) in [5, 5.41) is 6.06. The van der Waals surface area contributed by atoms with Gasteiger partial charge < -0.3 is 10.6 Å². The lowest BCUT2D eigenvalue weighted by Crippen LogP contribution is -2.15. The molecule has 0 aliphatic rings. The molecule has 0 atom stereocenters. The second-order valence-electron chi connectivity index (χ2n) is 6.06. The van der Waals surface area contributed by atoms with Crippen molar-refractivity contribution < 1.29 is 9.18 Å². The van der Waals surface area contributed by atoms with E-state index in [1.54, 1.807) is 24.4 Å². The van der Waals surface area contributed by atoms with E-state index < -0.39 is 0 Å². The van der Waals surface area contributed by atoms with Crippen molar-refractivity contribution in [1.82, 2.24) is 4.98 Å². The Labute approximate surface area is 152 Å². The number of rotatable bonds is 6. The van der Waals surface area contributed by atoms with Crippen LogP contribution in [-0.2, 0) is 17.8 Å². The van der Waals surface area contributed by atoms with E-state index in [1.807, 2.05) is 18.2 Å². The first kappa shape index (κ1) is 17.6. The standard InChI is InChI=1S/C21H20FN3O/c1-15-4-2-3-5-17(15)13-23-19-10-11-20(24-14-19)25-21(26)12-16-6-8-18(22)9-7-16/h2-11,14,23H,12-13H2,1H3,(H,24,25,26). The number of hydrogen-bond acceptors (Lipinski definition) is 3. The molecule has 0 unspecified atom stereocenters. The van der Waals surface area contributed by atoms with E-state index in [4.69, 9.17) is 0 Å². The van der Waals surface area contributed by atoms with Crippen LogP contribution in [0.1, 0.15) is 16.7 Å². The molecule has 26 heavy (non-hydrogen) atoms. The summed E-state index contributed by atoms with van der Waals surface area (Å²) in [4.78, 5) is 16.3. The summed E-state index contributed by atoms with van der Waals surface area (Å²) in [5.41, 5.74) is 4.09. The minimum Gasteiger partial charge on any atom is -0.380 e. The summed E-state index contributed by atoms with van der Waals surface area (Å²) in [5.74, 6) is -0.0205. The number of halogens is 1. The van der Waals surface area contributed by atoms with E-state index in [1.165, 1.54) is 23.3 Å². The van der Waals surface area contributed by atoms with Crippen LogP contribution < -0.4 is 10.6 Å². The molecule has 132 valence electrons. The maximum Gasteiger partial charge on any atom is 0.229 e. The average molecular weight is 349 g/mol. The molecule has 0 aliphatic carbocycles. The number of hydrogen-bond donors (Lipinski definition) is 2. The van der Waals surface area contributed by atoms with Crippen molar-refractivity contribution in [2.24, 2.45) is 0 Å². The zero-order valence-electron chi connectivity index (χ0n) is 14.5. The highest BCUT2D eigenvalue weighted by molar-refractivity contribution is 5.91. The number of aromatic nitrogens is 1. The monoisotopic (exact) mass is 349 g/mol. The molecule has 2 N–H and O–H groups in total. The zero-order chi connectivity index (χ0) is 18.4. The number of amides is 1. The summed E-state index contributed by atoms with van der Waals surface area (Å²) >= 11 is 0. The summed E-state index contributed by atoms with van der Waals surface area (Å²) in [6.45, 7) is 2.79. The van der Waals surface area contributed by atoms with Gasteiger partial charge in [-0.1, -0.05) is 36.4 Å². The molecule has 3 rings (SSSR count). The van der Waals surface area contributed by atoms with E-state index in [2.05, 4.69) is 34.7 Å². The fraction of sp³-hybridized carbons (Fsp3) is 0.143. The Balaban J connectivity index is 1.53. The second-order valence-corrected chi connectivity index (χ2v) is 6.06. The van der Waals surface area contributed by atoms with Gasteiger partial charge in [0.05, 0.1) is 18.3 Å². The quantitative estimate of drug-likeness (QED) is 0.697. The van der Waals surface area contributed by atoms with Gasteiger partial charge in [0.15, 0.2) is 0 Å². The molecule has 0 aliphatic heterocycles. The third kappa shape index (κ3) is 4.89. The van der Waals surface area contributed by atoms with Crippen LogP contribution >= 0.6 is 0 Å². The SMILES string of the molecule is Cc1ccccc1CNc1ccc(NC(=O)Cc2ccc(F)cc2)nc1. The Hall–Kier alpha value is -3.21. The predicted octanol–water partition coefficient (Wildman–Crippen LogP) is 4.32. The fourth-order valence-corrected chi connectivity index (χ4v) is 2.55. The first-order valence-corrected chi connectivity index (χ1v) is 8.39. The van der Waals surface area contributed by atoms with Crippen molar-refractivity contribution >= 4 is 17.4 Å². The lowest BCUT2D eigenvalue weighted by atomic mass is 10.1. The van der Waals surface area contributed by atoms with Crippen molar-refractivity contribution in [3.05, 3.63) is 89.4 Å². The van der Waals surface area contributed by atoms with Gasteiger partial charge in [0.1, 0.15) is 11.6 Å². The van der Waals surface area contributed by atoms with Crippen molar-refractivity contribution in [2.75, 3.05) is 10.6 Å². The molecule has 0 radical (unpaired) electrons. The molecular formula is C21H20FN3O. The molecule has 1 amide bonds. The van der Waals surface area contributed by atoms with Crippen LogP contribution in [0, 0.1) is 12.7 Å². The molecule has 5 heteroatoms. The Morgan fingerprint density at radius 2 is 1.81 bits per heavy atom. The van der Waals surface area contributed by atoms with Crippen LogP contribution in [0.3, 0.4) is 0 Å². The number of nitrogens with zero attached hydrogens (tertiary/aromatic N) is 1. The van der Waals surface area contributed by atoms with Crippen molar-refractivity contribution in [2.45, 2.75) is 19.9 Å². The summed E-state index contributed by atoms with van der Waals surface area (Å²) in [7, 11) is 0. The van der Waals surface area contributed by atoms with E-state index in [0.29, 0.717) is 12.4 Å². The Bertz CT molecular complexity index is 877. The highest BCUT2D eigenvalue weighted by atomic mass is 19.1. The molecule has 0 saturated heterocycles. The number of anilines is 2. The Morgan fingerprint density at radius 3 is 2.50 bits per heavy atom.